The first-order valence-electron chi connectivity index (χ1n) is 9.49. The van der Waals surface area contributed by atoms with Crippen LogP contribution in [0.4, 0.5) is 11.4 Å². The van der Waals surface area contributed by atoms with Crippen LogP contribution in [0.25, 0.3) is 0 Å². The van der Waals surface area contributed by atoms with Gasteiger partial charge in [-0.15, -0.1) is 0 Å². The van der Waals surface area contributed by atoms with E-state index in [4.69, 9.17) is 12.2 Å². The molecule has 28 heavy (non-hydrogen) atoms. The molecule has 150 valence electrons. The molecule has 2 N–H and O–H groups in total. The molecule has 0 bridgehead atoms. The van der Waals surface area contributed by atoms with Gasteiger partial charge in [-0.05, 0) is 73.3 Å². The van der Waals surface area contributed by atoms with E-state index < -0.39 is 10.0 Å². The number of sulfonamides is 1. The predicted molar refractivity (Wildman–Crippen MR) is 119 cm³/mol. The number of nitrogens with zero attached hydrogens (tertiary/aromatic N) is 1. The predicted octanol–water partition coefficient (Wildman–Crippen LogP) is 4.47. The Balaban J connectivity index is 1.67. The number of nitrogens with one attached hydrogen (secondary N) is 2. The summed E-state index contributed by atoms with van der Waals surface area (Å²) in [6.45, 7) is 7.38. The quantitative estimate of drug-likeness (QED) is 0.719. The van der Waals surface area contributed by atoms with Crippen molar-refractivity contribution in [2.24, 2.45) is 11.8 Å². The van der Waals surface area contributed by atoms with Gasteiger partial charge in [-0.2, -0.15) is 4.31 Å². The highest BCUT2D eigenvalue weighted by Gasteiger charge is 2.31. The number of hydrogen-bond acceptors (Lipinski definition) is 3. The zero-order valence-electron chi connectivity index (χ0n) is 16.5. The highest BCUT2D eigenvalue weighted by Crippen LogP contribution is 2.27. The standard InChI is InChI=1S/C21H27N3O2S2/c1-15-12-16(2)14-24(13-15)28(25,26)19-10-8-18(9-11-19)22-21(27)23-20-7-5-4-6-17(20)3/h4-11,15-16H,12-14H2,1-3H3,(H2,22,23,27)/t15-,16-/m0/s1. The summed E-state index contributed by atoms with van der Waals surface area (Å²) in [5.74, 6) is 0.758. The molecular weight excluding hydrogens is 390 g/mol. The third kappa shape index (κ3) is 4.90. The van der Waals surface area contributed by atoms with E-state index in [0.29, 0.717) is 34.9 Å². The first-order chi connectivity index (χ1) is 13.3. The molecule has 0 saturated carbocycles. The Kier molecular flexibility index (Phi) is 6.37. The molecule has 0 spiro atoms. The van der Waals surface area contributed by atoms with Crippen LogP contribution in [0.1, 0.15) is 25.8 Å². The molecule has 2 atom stereocenters. The van der Waals surface area contributed by atoms with E-state index in [1.807, 2.05) is 31.2 Å². The zero-order valence-corrected chi connectivity index (χ0v) is 18.1. The molecule has 0 aliphatic carbocycles. The molecule has 0 unspecified atom stereocenters. The Morgan fingerprint density at radius 3 is 2.21 bits per heavy atom. The fourth-order valence-electron chi connectivity index (χ4n) is 3.66. The van der Waals surface area contributed by atoms with E-state index in [-0.39, 0.29) is 0 Å². The molecule has 0 amide bonds. The lowest BCUT2D eigenvalue weighted by Crippen LogP contribution is -2.42. The van der Waals surface area contributed by atoms with Crippen molar-refractivity contribution in [3.63, 3.8) is 0 Å². The fourth-order valence-corrected chi connectivity index (χ4v) is 5.57. The van der Waals surface area contributed by atoms with Gasteiger partial charge in [0.25, 0.3) is 0 Å². The third-order valence-corrected chi connectivity index (χ3v) is 7.03. The molecular formula is C21H27N3O2S2. The summed E-state index contributed by atoms with van der Waals surface area (Å²) < 4.78 is 27.5. The summed E-state index contributed by atoms with van der Waals surface area (Å²) in [6.07, 6.45) is 1.07. The van der Waals surface area contributed by atoms with Gasteiger partial charge in [0, 0.05) is 24.5 Å². The first-order valence-corrected chi connectivity index (χ1v) is 11.3. The number of piperidine rings is 1. The maximum Gasteiger partial charge on any atom is 0.243 e. The highest BCUT2D eigenvalue weighted by atomic mass is 32.2. The van der Waals surface area contributed by atoms with Crippen LogP contribution < -0.4 is 10.6 Å². The molecule has 1 saturated heterocycles. The van der Waals surface area contributed by atoms with Crippen LogP contribution in [0.5, 0.6) is 0 Å². The number of hydrogen-bond donors (Lipinski definition) is 2. The lowest BCUT2D eigenvalue weighted by atomic mass is 9.94. The van der Waals surface area contributed by atoms with Gasteiger partial charge in [0.05, 0.1) is 4.90 Å². The number of anilines is 2. The number of aryl methyl sites for hydroxylation is 1. The zero-order chi connectivity index (χ0) is 20.3. The molecule has 1 fully saturated rings. The average molecular weight is 418 g/mol. The Bertz CT molecular complexity index is 932. The molecule has 5 nitrogen and oxygen atoms in total. The SMILES string of the molecule is Cc1ccccc1NC(=S)Nc1ccc(S(=O)(=O)N2C[C@@H](C)C[C@H](C)C2)cc1. The van der Waals surface area contributed by atoms with Crippen molar-refractivity contribution < 1.29 is 8.42 Å². The topological polar surface area (TPSA) is 61.4 Å². The number of rotatable bonds is 4. The Hall–Kier alpha value is -1.96. The molecule has 1 heterocycles. The molecule has 1 aliphatic rings. The van der Waals surface area contributed by atoms with E-state index >= 15 is 0 Å². The summed E-state index contributed by atoms with van der Waals surface area (Å²) in [5, 5.41) is 6.72. The van der Waals surface area contributed by atoms with Crippen LogP contribution in [-0.2, 0) is 10.0 Å². The van der Waals surface area contributed by atoms with E-state index in [9.17, 15) is 8.42 Å². The Morgan fingerprint density at radius 2 is 1.61 bits per heavy atom. The van der Waals surface area contributed by atoms with E-state index in [2.05, 4.69) is 24.5 Å². The van der Waals surface area contributed by atoms with Crippen LogP contribution in [0, 0.1) is 18.8 Å². The fraction of sp³-hybridized carbons (Fsp3) is 0.381. The van der Waals surface area contributed by atoms with Gasteiger partial charge in [0.15, 0.2) is 5.11 Å². The van der Waals surface area contributed by atoms with Crippen molar-refractivity contribution in [2.75, 3.05) is 23.7 Å². The van der Waals surface area contributed by atoms with E-state index in [1.54, 1.807) is 28.6 Å². The van der Waals surface area contributed by atoms with Crippen molar-refractivity contribution in [2.45, 2.75) is 32.1 Å². The van der Waals surface area contributed by atoms with Gasteiger partial charge in [-0.25, -0.2) is 8.42 Å². The minimum absolute atomic E-state index is 0.317. The highest BCUT2D eigenvalue weighted by molar-refractivity contribution is 7.89. The second-order valence-corrected chi connectivity index (χ2v) is 10.0. The maximum absolute atomic E-state index is 13.0. The van der Waals surface area contributed by atoms with Crippen LogP contribution >= 0.6 is 12.2 Å². The summed E-state index contributed by atoms with van der Waals surface area (Å²) in [7, 11) is -3.47. The molecule has 0 radical (unpaired) electrons. The van der Waals surface area contributed by atoms with Crippen molar-refractivity contribution in [1.29, 1.82) is 0 Å². The maximum atomic E-state index is 13.0. The van der Waals surface area contributed by atoms with Crippen LogP contribution in [0.3, 0.4) is 0 Å². The second kappa shape index (κ2) is 8.59. The summed E-state index contributed by atoms with van der Waals surface area (Å²) in [4.78, 5) is 0.317. The normalized spacial score (nSPS) is 20.5. The van der Waals surface area contributed by atoms with Gasteiger partial charge in [-0.1, -0.05) is 32.0 Å². The summed E-state index contributed by atoms with van der Waals surface area (Å²) in [6, 6.07) is 14.6. The lowest BCUT2D eigenvalue weighted by molar-refractivity contribution is 0.222. The molecule has 1 aliphatic heterocycles. The van der Waals surface area contributed by atoms with Crippen molar-refractivity contribution in [1.82, 2.24) is 4.31 Å². The Labute approximate surface area is 173 Å². The van der Waals surface area contributed by atoms with E-state index in [0.717, 1.165) is 23.4 Å². The first kappa shape index (κ1) is 20.8. The molecule has 3 rings (SSSR count). The van der Waals surface area contributed by atoms with Gasteiger partial charge < -0.3 is 10.6 Å². The van der Waals surface area contributed by atoms with Crippen molar-refractivity contribution in [3.05, 3.63) is 54.1 Å². The van der Waals surface area contributed by atoms with Crippen LogP contribution in [-0.4, -0.2) is 30.9 Å². The van der Waals surface area contributed by atoms with Crippen LogP contribution in [0.2, 0.25) is 0 Å². The minimum atomic E-state index is -3.47. The average Bonchev–Trinajstić information content (AvgIpc) is 2.63. The largest absolute Gasteiger partial charge is 0.332 e. The smallest absolute Gasteiger partial charge is 0.243 e. The summed E-state index contributed by atoms with van der Waals surface area (Å²) >= 11 is 5.36. The van der Waals surface area contributed by atoms with Gasteiger partial charge in [0.1, 0.15) is 0 Å². The van der Waals surface area contributed by atoms with Gasteiger partial charge >= 0.3 is 0 Å². The molecule has 2 aromatic rings. The molecule has 7 heteroatoms. The van der Waals surface area contributed by atoms with Gasteiger partial charge in [-0.3, -0.25) is 0 Å². The van der Waals surface area contributed by atoms with Crippen molar-refractivity contribution in [3.8, 4) is 0 Å². The molecule has 2 aromatic carbocycles. The second-order valence-electron chi connectivity index (χ2n) is 7.69. The molecule has 0 aromatic heterocycles. The summed E-state index contributed by atoms with van der Waals surface area (Å²) in [5.41, 5.74) is 2.77. The lowest BCUT2D eigenvalue weighted by Gasteiger charge is -2.34. The number of benzene rings is 2. The Morgan fingerprint density at radius 1 is 1.00 bits per heavy atom. The minimum Gasteiger partial charge on any atom is -0.332 e. The van der Waals surface area contributed by atoms with E-state index in [1.165, 1.54) is 0 Å². The van der Waals surface area contributed by atoms with Gasteiger partial charge in [0.2, 0.25) is 10.0 Å². The number of para-hydroxylation sites is 1. The van der Waals surface area contributed by atoms with Crippen LogP contribution in [0.15, 0.2) is 53.4 Å². The van der Waals surface area contributed by atoms with Crippen molar-refractivity contribution >= 4 is 38.7 Å². The number of thiocarbonyl (C=S) groups is 1. The monoisotopic (exact) mass is 417 g/mol. The third-order valence-electron chi connectivity index (χ3n) is 4.98.